The SMILES string of the molecule is O=C(CN1CCC(Cn2c(C(F)(F)F)nc3ccccc32)CC1)c1ccc(Cl)cc1. The highest BCUT2D eigenvalue weighted by atomic mass is 35.5. The lowest BCUT2D eigenvalue weighted by Crippen LogP contribution is -2.38. The summed E-state index contributed by atoms with van der Waals surface area (Å²) in [5.41, 5.74) is 1.47. The number of fused-ring (bicyclic) bond motifs is 1. The van der Waals surface area contributed by atoms with Crippen molar-refractivity contribution >= 4 is 28.4 Å². The summed E-state index contributed by atoms with van der Waals surface area (Å²) in [5, 5.41) is 0.581. The van der Waals surface area contributed by atoms with Crippen molar-refractivity contribution in [3.63, 3.8) is 0 Å². The Hall–Kier alpha value is -2.38. The Balaban J connectivity index is 1.41. The highest BCUT2D eigenvalue weighted by molar-refractivity contribution is 6.30. The van der Waals surface area contributed by atoms with Gasteiger partial charge in [0.15, 0.2) is 5.78 Å². The summed E-state index contributed by atoms with van der Waals surface area (Å²) in [7, 11) is 0. The van der Waals surface area contributed by atoms with E-state index in [0.717, 1.165) is 12.8 Å². The fourth-order valence-corrected chi connectivity index (χ4v) is 4.12. The van der Waals surface area contributed by atoms with Gasteiger partial charge in [-0.1, -0.05) is 23.7 Å². The van der Waals surface area contributed by atoms with Crippen molar-refractivity contribution in [1.29, 1.82) is 0 Å². The molecule has 158 valence electrons. The molecule has 0 saturated carbocycles. The fourth-order valence-electron chi connectivity index (χ4n) is 3.99. The van der Waals surface area contributed by atoms with Gasteiger partial charge in [-0.25, -0.2) is 4.98 Å². The number of aromatic nitrogens is 2. The van der Waals surface area contributed by atoms with Crippen molar-refractivity contribution in [3.05, 3.63) is 64.9 Å². The van der Waals surface area contributed by atoms with Gasteiger partial charge in [-0.3, -0.25) is 9.69 Å². The van der Waals surface area contributed by atoms with Crippen molar-refractivity contribution in [2.24, 2.45) is 5.92 Å². The molecule has 0 unspecified atom stereocenters. The third-order valence-electron chi connectivity index (χ3n) is 5.59. The van der Waals surface area contributed by atoms with Gasteiger partial charge in [0, 0.05) is 17.1 Å². The number of alkyl halides is 3. The molecule has 0 N–H and O–H groups in total. The average molecular weight is 436 g/mol. The van der Waals surface area contributed by atoms with Gasteiger partial charge >= 0.3 is 6.18 Å². The Bertz CT molecular complexity index is 1040. The number of carbonyl (C=O) groups excluding carboxylic acids is 1. The first kappa shape index (κ1) is 20.9. The van der Waals surface area contributed by atoms with E-state index in [2.05, 4.69) is 9.88 Å². The molecule has 4 rings (SSSR count). The molecule has 1 aliphatic heterocycles. The van der Waals surface area contributed by atoms with Crippen LogP contribution in [-0.2, 0) is 12.7 Å². The van der Waals surface area contributed by atoms with Gasteiger partial charge in [-0.15, -0.1) is 0 Å². The number of imidazole rings is 1. The quantitative estimate of drug-likeness (QED) is 0.510. The zero-order valence-electron chi connectivity index (χ0n) is 16.2. The average Bonchev–Trinajstić information content (AvgIpc) is 3.09. The second-order valence-corrected chi connectivity index (χ2v) is 8.12. The Labute approximate surface area is 177 Å². The zero-order chi connectivity index (χ0) is 21.3. The summed E-state index contributed by atoms with van der Waals surface area (Å²) in [4.78, 5) is 18.3. The van der Waals surface area contributed by atoms with Gasteiger partial charge in [-0.05, 0) is 68.2 Å². The number of Topliss-reactive ketones (excluding diaryl/α,β-unsaturated/α-hetero) is 1. The van der Waals surface area contributed by atoms with Crippen molar-refractivity contribution in [2.45, 2.75) is 25.6 Å². The van der Waals surface area contributed by atoms with Crippen molar-refractivity contribution < 1.29 is 18.0 Å². The summed E-state index contributed by atoms with van der Waals surface area (Å²) in [5.74, 6) is -0.722. The molecule has 0 spiro atoms. The Kier molecular flexibility index (Phi) is 5.84. The van der Waals surface area contributed by atoms with E-state index >= 15 is 0 Å². The number of halogens is 4. The highest BCUT2D eigenvalue weighted by Gasteiger charge is 2.38. The molecular formula is C22H21ClF3N3O. The van der Waals surface area contributed by atoms with Crippen LogP contribution in [0.3, 0.4) is 0 Å². The Morgan fingerprint density at radius 1 is 1.07 bits per heavy atom. The summed E-state index contributed by atoms with van der Waals surface area (Å²) < 4.78 is 41.8. The first-order chi connectivity index (χ1) is 14.3. The van der Waals surface area contributed by atoms with E-state index in [9.17, 15) is 18.0 Å². The van der Waals surface area contributed by atoms with E-state index in [1.165, 1.54) is 4.57 Å². The smallest absolute Gasteiger partial charge is 0.320 e. The third kappa shape index (κ3) is 4.52. The minimum Gasteiger partial charge on any atom is -0.320 e. The van der Waals surface area contributed by atoms with E-state index in [0.29, 0.717) is 41.3 Å². The molecule has 1 saturated heterocycles. The van der Waals surface area contributed by atoms with Gasteiger partial charge in [0.2, 0.25) is 5.82 Å². The van der Waals surface area contributed by atoms with Gasteiger partial charge in [0.25, 0.3) is 0 Å². The third-order valence-corrected chi connectivity index (χ3v) is 5.84. The van der Waals surface area contributed by atoms with E-state index < -0.39 is 12.0 Å². The normalized spacial score (nSPS) is 16.3. The maximum atomic E-state index is 13.5. The fraction of sp³-hybridized carbons (Fsp3) is 0.364. The second kappa shape index (κ2) is 8.40. The molecule has 2 aromatic carbocycles. The number of carbonyl (C=O) groups is 1. The van der Waals surface area contributed by atoms with Crippen LogP contribution >= 0.6 is 11.6 Å². The Morgan fingerprint density at radius 3 is 2.40 bits per heavy atom. The van der Waals surface area contributed by atoms with Crippen LogP contribution in [0.4, 0.5) is 13.2 Å². The van der Waals surface area contributed by atoms with Crippen LogP contribution in [-0.4, -0.2) is 39.9 Å². The molecular weight excluding hydrogens is 415 g/mol. The number of nitrogens with zero attached hydrogens (tertiary/aromatic N) is 3. The number of likely N-dealkylation sites (tertiary alicyclic amines) is 1. The molecule has 0 amide bonds. The summed E-state index contributed by atoms with van der Waals surface area (Å²) >= 11 is 5.86. The highest BCUT2D eigenvalue weighted by Crippen LogP contribution is 2.33. The van der Waals surface area contributed by atoms with Crippen LogP contribution in [0.25, 0.3) is 11.0 Å². The van der Waals surface area contributed by atoms with Gasteiger partial charge in [-0.2, -0.15) is 13.2 Å². The molecule has 0 aliphatic carbocycles. The van der Waals surface area contributed by atoms with Crippen molar-refractivity contribution in [3.8, 4) is 0 Å². The van der Waals surface area contributed by atoms with Crippen LogP contribution in [0.15, 0.2) is 48.5 Å². The summed E-state index contributed by atoms with van der Waals surface area (Å²) in [6.07, 6.45) is -3.03. The zero-order valence-corrected chi connectivity index (χ0v) is 17.0. The molecule has 30 heavy (non-hydrogen) atoms. The van der Waals surface area contributed by atoms with Crippen LogP contribution in [0.1, 0.15) is 29.0 Å². The molecule has 0 bridgehead atoms. The molecule has 0 atom stereocenters. The lowest BCUT2D eigenvalue weighted by atomic mass is 9.96. The van der Waals surface area contributed by atoms with Crippen LogP contribution < -0.4 is 0 Å². The number of ketones is 1. The molecule has 8 heteroatoms. The number of rotatable bonds is 5. The number of para-hydroxylation sites is 2. The molecule has 4 nitrogen and oxygen atoms in total. The van der Waals surface area contributed by atoms with Gasteiger partial charge in [0.1, 0.15) is 0 Å². The first-order valence-electron chi connectivity index (χ1n) is 9.85. The molecule has 0 radical (unpaired) electrons. The predicted octanol–water partition coefficient (Wildman–Crippen LogP) is 5.30. The minimum atomic E-state index is -4.50. The van der Waals surface area contributed by atoms with E-state index in [4.69, 9.17) is 11.6 Å². The molecule has 2 heterocycles. The van der Waals surface area contributed by atoms with Gasteiger partial charge < -0.3 is 4.57 Å². The summed E-state index contributed by atoms with van der Waals surface area (Å²) in [6, 6.07) is 13.5. The summed E-state index contributed by atoms with van der Waals surface area (Å²) in [6.45, 7) is 1.93. The molecule has 1 aliphatic rings. The maximum Gasteiger partial charge on any atom is 0.449 e. The minimum absolute atomic E-state index is 0.0186. The van der Waals surface area contributed by atoms with Crippen LogP contribution in [0.5, 0.6) is 0 Å². The van der Waals surface area contributed by atoms with E-state index in [-0.39, 0.29) is 18.2 Å². The monoisotopic (exact) mass is 435 g/mol. The van der Waals surface area contributed by atoms with E-state index in [1.807, 2.05) is 0 Å². The van der Waals surface area contributed by atoms with Crippen molar-refractivity contribution in [1.82, 2.24) is 14.5 Å². The van der Waals surface area contributed by atoms with Crippen LogP contribution in [0.2, 0.25) is 5.02 Å². The molecule has 1 aromatic heterocycles. The lowest BCUT2D eigenvalue weighted by molar-refractivity contribution is -0.147. The number of hydrogen-bond acceptors (Lipinski definition) is 3. The number of benzene rings is 2. The largest absolute Gasteiger partial charge is 0.449 e. The number of hydrogen-bond donors (Lipinski definition) is 0. The molecule has 1 fully saturated rings. The molecule has 3 aromatic rings. The maximum absolute atomic E-state index is 13.5. The van der Waals surface area contributed by atoms with Gasteiger partial charge in [0.05, 0.1) is 17.6 Å². The topological polar surface area (TPSA) is 38.1 Å². The standard InChI is InChI=1S/C22H21ClF3N3O/c23-17-7-5-16(6-8-17)20(30)14-28-11-9-15(10-12-28)13-29-19-4-2-1-3-18(19)27-21(29)22(24,25)26/h1-8,15H,9-14H2. The van der Waals surface area contributed by atoms with Crippen LogP contribution in [0, 0.1) is 5.92 Å². The van der Waals surface area contributed by atoms with Crippen molar-refractivity contribution in [2.75, 3.05) is 19.6 Å². The van der Waals surface area contributed by atoms with E-state index in [1.54, 1.807) is 48.5 Å². The number of piperidine rings is 1. The predicted molar refractivity (Wildman–Crippen MR) is 110 cm³/mol. The second-order valence-electron chi connectivity index (χ2n) is 7.68. The Morgan fingerprint density at radius 2 is 1.73 bits per heavy atom. The first-order valence-corrected chi connectivity index (χ1v) is 10.2. The lowest BCUT2D eigenvalue weighted by Gasteiger charge is -2.32.